The first-order chi connectivity index (χ1) is 9.11. The van der Waals surface area contributed by atoms with Crippen molar-refractivity contribution in [2.45, 2.75) is 6.54 Å². The lowest BCUT2D eigenvalue weighted by atomic mass is 10.1. The van der Waals surface area contributed by atoms with Gasteiger partial charge in [-0.2, -0.15) is 5.26 Å². The lowest BCUT2D eigenvalue weighted by molar-refractivity contribution is 0.469. The van der Waals surface area contributed by atoms with Crippen LogP contribution in [0.2, 0.25) is 5.02 Å². The van der Waals surface area contributed by atoms with Gasteiger partial charge >= 0.3 is 0 Å². The second-order valence-electron chi connectivity index (χ2n) is 3.91. The SMILES string of the molecule is N#Cc1ccc(NCc2cccc(Cl)c2O)c(F)c1. The van der Waals surface area contributed by atoms with E-state index in [0.29, 0.717) is 5.56 Å². The zero-order valence-corrected chi connectivity index (χ0v) is 10.6. The van der Waals surface area contributed by atoms with Gasteiger partial charge in [0.05, 0.1) is 22.3 Å². The van der Waals surface area contributed by atoms with E-state index < -0.39 is 5.82 Å². The highest BCUT2D eigenvalue weighted by molar-refractivity contribution is 6.32. The number of nitriles is 1. The normalized spacial score (nSPS) is 9.95. The molecular weight excluding hydrogens is 267 g/mol. The largest absolute Gasteiger partial charge is 0.506 e. The molecule has 0 aliphatic rings. The Morgan fingerprint density at radius 3 is 2.79 bits per heavy atom. The lowest BCUT2D eigenvalue weighted by Crippen LogP contribution is -2.02. The maximum atomic E-state index is 13.6. The standard InChI is InChI=1S/C14H10ClFN2O/c15-11-3-1-2-10(14(11)19)8-18-13-5-4-9(7-17)6-12(13)16/h1-6,18-19H,8H2. The van der Waals surface area contributed by atoms with Gasteiger partial charge in [-0.3, -0.25) is 0 Å². The Balaban J connectivity index is 2.15. The Morgan fingerprint density at radius 2 is 2.11 bits per heavy atom. The summed E-state index contributed by atoms with van der Waals surface area (Å²) in [5.74, 6) is -0.536. The zero-order chi connectivity index (χ0) is 13.8. The van der Waals surface area contributed by atoms with Crippen molar-refractivity contribution >= 4 is 17.3 Å². The molecule has 0 atom stereocenters. The first-order valence-corrected chi connectivity index (χ1v) is 5.89. The smallest absolute Gasteiger partial charge is 0.147 e. The summed E-state index contributed by atoms with van der Waals surface area (Å²) in [4.78, 5) is 0. The molecule has 96 valence electrons. The summed E-state index contributed by atoms with van der Waals surface area (Å²) >= 11 is 5.78. The Hall–Kier alpha value is -2.25. The summed E-state index contributed by atoms with van der Waals surface area (Å²) in [6.07, 6.45) is 0. The Labute approximate surface area is 114 Å². The molecule has 2 N–H and O–H groups in total. The summed E-state index contributed by atoms with van der Waals surface area (Å²) in [5.41, 5.74) is 1.09. The highest BCUT2D eigenvalue weighted by atomic mass is 35.5. The van der Waals surface area contributed by atoms with Crippen molar-refractivity contribution in [2.24, 2.45) is 0 Å². The van der Waals surface area contributed by atoms with Crippen LogP contribution in [0.1, 0.15) is 11.1 Å². The van der Waals surface area contributed by atoms with E-state index in [4.69, 9.17) is 16.9 Å². The molecule has 0 aromatic heterocycles. The molecule has 0 saturated heterocycles. The van der Waals surface area contributed by atoms with Crippen LogP contribution >= 0.6 is 11.6 Å². The minimum Gasteiger partial charge on any atom is -0.506 e. The molecule has 5 heteroatoms. The van der Waals surface area contributed by atoms with Gasteiger partial charge in [0, 0.05) is 12.1 Å². The van der Waals surface area contributed by atoms with E-state index in [0.717, 1.165) is 6.07 Å². The topological polar surface area (TPSA) is 56.0 Å². The van der Waals surface area contributed by atoms with Gasteiger partial charge in [-0.05, 0) is 24.3 Å². The first-order valence-electron chi connectivity index (χ1n) is 5.51. The van der Waals surface area contributed by atoms with Gasteiger partial charge in [0.1, 0.15) is 11.6 Å². The number of nitrogens with zero attached hydrogens (tertiary/aromatic N) is 1. The number of phenolic OH excluding ortho intramolecular Hbond substituents is 1. The molecule has 0 bridgehead atoms. The van der Waals surface area contributed by atoms with Gasteiger partial charge < -0.3 is 10.4 Å². The van der Waals surface area contributed by atoms with Crippen LogP contribution in [0.15, 0.2) is 36.4 Å². The second kappa shape index (κ2) is 5.59. The molecule has 2 rings (SSSR count). The fraction of sp³-hybridized carbons (Fsp3) is 0.0714. The summed E-state index contributed by atoms with van der Waals surface area (Å²) in [6.45, 7) is 0.231. The van der Waals surface area contributed by atoms with E-state index in [1.54, 1.807) is 18.2 Å². The number of halogens is 2. The van der Waals surface area contributed by atoms with Gasteiger partial charge in [0.2, 0.25) is 0 Å². The molecule has 2 aromatic rings. The number of para-hydroxylation sites is 1. The quantitative estimate of drug-likeness (QED) is 0.899. The number of hydrogen-bond acceptors (Lipinski definition) is 3. The molecule has 19 heavy (non-hydrogen) atoms. The minimum atomic E-state index is -0.513. The van der Waals surface area contributed by atoms with Crippen molar-refractivity contribution in [3.8, 4) is 11.8 Å². The summed E-state index contributed by atoms with van der Waals surface area (Å²) in [5, 5.41) is 21.5. The molecule has 0 aliphatic heterocycles. The average molecular weight is 277 g/mol. The van der Waals surface area contributed by atoms with Crippen LogP contribution in [-0.2, 0) is 6.54 Å². The molecule has 3 nitrogen and oxygen atoms in total. The highest BCUT2D eigenvalue weighted by Crippen LogP contribution is 2.27. The van der Waals surface area contributed by atoms with Crippen LogP contribution in [0.3, 0.4) is 0 Å². The molecule has 0 fully saturated rings. The Morgan fingerprint density at radius 1 is 1.32 bits per heavy atom. The van der Waals surface area contributed by atoms with E-state index in [2.05, 4.69) is 5.32 Å². The Bertz CT molecular complexity index is 652. The predicted molar refractivity (Wildman–Crippen MR) is 71.6 cm³/mol. The molecule has 0 unspecified atom stereocenters. The van der Waals surface area contributed by atoms with Crippen molar-refractivity contribution in [1.29, 1.82) is 5.26 Å². The second-order valence-corrected chi connectivity index (χ2v) is 4.31. The number of anilines is 1. The van der Waals surface area contributed by atoms with Crippen LogP contribution in [0, 0.1) is 17.1 Å². The predicted octanol–water partition coefficient (Wildman–Crippen LogP) is 3.67. The highest BCUT2D eigenvalue weighted by Gasteiger charge is 2.07. The zero-order valence-electron chi connectivity index (χ0n) is 9.82. The molecule has 0 amide bonds. The molecule has 0 saturated carbocycles. The van der Waals surface area contributed by atoms with E-state index in [9.17, 15) is 9.50 Å². The molecule has 0 radical (unpaired) electrons. The van der Waals surface area contributed by atoms with Gasteiger partial charge in [0.25, 0.3) is 0 Å². The number of phenols is 1. The van der Waals surface area contributed by atoms with Crippen molar-refractivity contribution in [3.05, 3.63) is 58.4 Å². The van der Waals surface area contributed by atoms with Crippen LogP contribution < -0.4 is 5.32 Å². The number of hydrogen-bond donors (Lipinski definition) is 2. The Kier molecular flexibility index (Phi) is 3.88. The van der Waals surface area contributed by atoms with Crippen LogP contribution in [0.5, 0.6) is 5.75 Å². The third-order valence-corrected chi connectivity index (χ3v) is 2.94. The van der Waals surface area contributed by atoms with Crippen molar-refractivity contribution in [1.82, 2.24) is 0 Å². The summed E-state index contributed by atoms with van der Waals surface area (Å²) in [6, 6.07) is 11.0. The van der Waals surface area contributed by atoms with E-state index in [-0.39, 0.29) is 28.6 Å². The van der Waals surface area contributed by atoms with Gasteiger partial charge in [-0.25, -0.2) is 4.39 Å². The maximum Gasteiger partial charge on any atom is 0.147 e. The first kappa shape index (κ1) is 13.2. The number of benzene rings is 2. The summed E-state index contributed by atoms with van der Waals surface area (Å²) in [7, 11) is 0. The van der Waals surface area contributed by atoms with Crippen molar-refractivity contribution in [2.75, 3.05) is 5.32 Å². The molecule has 0 heterocycles. The molecule has 2 aromatic carbocycles. The van der Waals surface area contributed by atoms with E-state index in [1.807, 2.05) is 6.07 Å². The fourth-order valence-electron chi connectivity index (χ4n) is 1.62. The number of aromatic hydroxyl groups is 1. The fourth-order valence-corrected chi connectivity index (χ4v) is 1.82. The van der Waals surface area contributed by atoms with Crippen LogP contribution in [0.4, 0.5) is 10.1 Å². The number of nitrogens with one attached hydrogen (secondary N) is 1. The van der Waals surface area contributed by atoms with E-state index in [1.165, 1.54) is 12.1 Å². The lowest BCUT2D eigenvalue weighted by Gasteiger charge is -2.10. The molecule has 0 aliphatic carbocycles. The van der Waals surface area contributed by atoms with Crippen LogP contribution in [-0.4, -0.2) is 5.11 Å². The monoisotopic (exact) mass is 276 g/mol. The maximum absolute atomic E-state index is 13.6. The van der Waals surface area contributed by atoms with Gasteiger partial charge in [0.15, 0.2) is 0 Å². The third kappa shape index (κ3) is 2.95. The minimum absolute atomic E-state index is 0.0225. The van der Waals surface area contributed by atoms with Crippen molar-refractivity contribution in [3.63, 3.8) is 0 Å². The van der Waals surface area contributed by atoms with Crippen LogP contribution in [0.25, 0.3) is 0 Å². The molecular formula is C14H10ClFN2O. The molecule has 0 spiro atoms. The number of rotatable bonds is 3. The average Bonchev–Trinajstić information content (AvgIpc) is 2.41. The van der Waals surface area contributed by atoms with Gasteiger partial charge in [-0.15, -0.1) is 0 Å². The van der Waals surface area contributed by atoms with E-state index >= 15 is 0 Å². The third-order valence-electron chi connectivity index (χ3n) is 2.64. The summed E-state index contributed by atoms with van der Waals surface area (Å²) < 4.78 is 13.6. The van der Waals surface area contributed by atoms with Crippen molar-refractivity contribution < 1.29 is 9.50 Å². The van der Waals surface area contributed by atoms with Gasteiger partial charge in [-0.1, -0.05) is 23.7 Å².